The molecular weight excluding hydrogens is 386 g/mol. The van der Waals surface area contributed by atoms with Gasteiger partial charge in [-0.1, -0.05) is 0 Å². The van der Waals surface area contributed by atoms with Crippen LogP contribution in [-0.2, 0) is 39.4 Å². The average molecular weight is 410 g/mol. The van der Waals surface area contributed by atoms with Crippen molar-refractivity contribution in [2.24, 2.45) is 5.92 Å². The molecule has 0 aromatic carbocycles. The Kier molecular flexibility index (Phi) is 6.83. The lowest BCUT2D eigenvalue weighted by Crippen LogP contribution is -2.28. The summed E-state index contributed by atoms with van der Waals surface area (Å²) >= 11 is 0. The van der Waals surface area contributed by atoms with Crippen LogP contribution in [0.5, 0.6) is 0 Å². The van der Waals surface area contributed by atoms with E-state index in [1.165, 1.54) is 0 Å². The predicted molar refractivity (Wildman–Crippen MR) is 98.9 cm³/mol. The second-order valence-corrected chi connectivity index (χ2v) is 10.7. The molecule has 0 spiro atoms. The Bertz CT molecular complexity index is 812. The standard InChI is InChI=1S/C15H23N3O4S2.ClH/c19-23(20)5-2-12(11-23)3-6-24(21,22)18-9-13-7-14-10-16-4-1-15(14)17-8-13;/h7-8,12,16,18H,1-6,9-11H2;1H. The molecule has 1 fully saturated rings. The van der Waals surface area contributed by atoms with E-state index in [4.69, 9.17) is 0 Å². The van der Waals surface area contributed by atoms with Gasteiger partial charge in [0.05, 0.1) is 17.3 Å². The van der Waals surface area contributed by atoms with Gasteiger partial charge in [-0.3, -0.25) is 4.98 Å². The van der Waals surface area contributed by atoms with Crippen LogP contribution in [0.15, 0.2) is 12.3 Å². The van der Waals surface area contributed by atoms with Gasteiger partial charge in [-0.25, -0.2) is 21.6 Å². The van der Waals surface area contributed by atoms with Crippen molar-refractivity contribution in [3.8, 4) is 0 Å². The van der Waals surface area contributed by atoms with E-state index in [9.17, 15) is 16.8 Å². The highest BCUT2D eigenvalue weighted by Crippen LogP contribution is 2.22. The number of nitrogens with zero attached hydrogens (tertiary/aromatic N) is 1. The molecule has 1 saturated heterocycles. The summed E-state index contributed by atoms with van der Waals surface area (Å²) in [4.78, 5) is 4.40. The molecule has 1 aromatic heterocycles. The molecular formula is C15H24ClN3O4S2. The number of aromatic nitrogens is 1. The summed E-state index contributed by atoms with van der Waals surface area (Å²) in [6, 6.07) is 1.99. The van der Waals surface area contributed by atoms with Crippen LogP contribution in [-0.4, -0.2) is 45.6 Å². The average Bonchev–Trinajstić information content (AvgIpc) is 2.90. The maximum atomic E-state index is 12.1. The number of nitrogens with one attached hydrogen (secondary N) is 2. The van der Waals surface area contributed by atoms with Gasteiger partial charge in [0.25, 0.3) is 0 Å². The van der Waals surface area contributed by atoms with Crippen LogP contribution in [0, 0.1) is 5.92 Å². The molecule has 0 saturated carbocycles. The Hall–Kier alpha value is -0.740. The molecule has 25 heavy (non-hydrogen) atoms. The maximum Gasteiger partial charge on any atom is 0.211 e. The Labute approximate surface area is 155 Å². The van der Waals surface area contributed by atoms with Crippen LogP contribution in [0.3, 0.4) is 0 Å². The minimum atomic E-state index is -3.41. The number of sulfone groups is 1. The van der Waals surface area contributed by atoms with Crippen LogP contribution in [0.2, 0.25) is 0 Å². The van der Waals surface area contributed by atoms with Gasteiger partial charge in [0.15, 0.2) is 9.84 Å². The Morgan fingerprint density at radius 1 is 1.36 bits per heavy atom. The number of hydrogen-bond acceptors (Lipinski definition) is 6. The Morgan fingerprint density at radius 2 is 2.16 bits per heavy atom. The van der Waals surface area contributed by atoms with Crippen molar-refractivity contribution in [2.75, 3.05) is 23.8 Å². The molecule has 3 rings (SSSR count). The summed E-state index contributed by atoms with van der Waals surface area (Å²) in [5.74, 6) is 0.222. The minimum Gasteiger partial charge on any atom is -0.312 e. The molecule has 7 nitrogen and oxygen atoms in total. The highest BCUT2D eigenvalue weighted by atomic mass is 35.5. The van der Waals surface area contributed by atoms with Gasteiger partial charge in [-0.2, -0.15) is 0 Å². The monoisotopic (exact) mass is 409 g/mol. The number of halogens is 1. The first-order chi connectivity index (χ1) is 11.3. The van der Waals surface area contributed by atoms with Gasteiger partial charge in [-0.15, -0.1) is 12.4 Å². The van der Waals surface area contributed by atoms with E-state index in [0.29, 0.717) is 12.8 Å². The van der Waals surface area contributed by atoms with Gasteiger partial charge in [0.1, 0.15) is 0 Å². The fourth-order valence-corrected chi connectivity index (χ4v) is 6.26. The van der Waals surface area contributed by atoms with E-state index >= 15 is 0 Å². The van der Waals surface area contributed by atoms with E-state index in [1.807, 2.05) is 6.07 Å². The molecule has 0 amide bonds. The van der Waals surface area contributed by atoms with Crippen LogP contribution in [0.25, 0.3) is 0 Å². The second kappa shape index (κ2) is 8.30. The van der Waals surface area contributed by atoms with Crippen LogP contribution < -0.4 is 10.0 Å². The molecule has 2 aliphatic rings. The zero-order valence-corrected chi connectivity index (χ0v) is 16.4. The molecule has 1 unspecified atom stereocenters. The number of hydrogen-bond donors (Lipinski definition) is 2. The quantitative estimate of drug-likeness (QED) is 0.704. The number of rotatable bonds is 6. The van der Waals surface area contributed by atoms with Crippen molar-refractivity contribution in [3.63, 3.8) is 0 Å². The zero-order chi connectivity index (χ0) is 17.2. The summed E-state index contributed by atoms with van der Waals surface area (Å²) in [7, 11) is -6.37. The van der Waals surface area contributed by atoms with Crippen molar-refractivity contribution in [1.82, 2.24) is 15.0 Å². The highest BCUT2D eigenvalue weighted by Gasteiger charge is 2.28. The fourth-order valence-electron chi connectivity index (χ4n) is 3.18. The van der Waals surface area contributed by atoms with E-state index in [0.717, 1.165) is 36.3 Å². The molecule has 0 radical (unpaired) electrons. The van der Waals surface area contributed by atoms with Gasteiger partial charge in [-0.05, 0) is 36.0 Å². The summed E-state index contributed by atoms with van der Waals surface area (Å²) in [6.07, 6.45) is 3.57. The van der Waals surface area contributed by atoms with E-state index in [1.54, 1.807) is 6.20 Å². The highest BCUT2D eigenvalue weighted by molar-refractivity contribution is 7.91. The molecule has 10 heteroatoms. The van der Waals surface area contributed by atoms with Crippen LogP contribution in [0.1, 0.15) is 29.7 Å². The third-order valence-electron chi connectivity index (χ3n) is 4.59. The number of sulfonamides is 1. The first-order valence-electron chi connectivity index (χ1n) is 8.18. The molecule has 1 aromatic rings. The lowest BCUT2D eigenvalue weighted by Gasteiger charge is -2.17. The third-order valence-corrected chi connectivity index (χ3v) is 7.78. The van der Waals surface area contributed by atoms with Crippen molar-refractivity contribution in [1.29, 1.82) is 0 Å². The largest absolute Gasteiger partial charge is 0.312 e. The maximum absolute atomic E-state index is 12.1. The topological polar surface area (TPSA) is 105 Å². The third kappa shape index (κ3) is 5.89. The predicted octanol–water partition coefficient (Wildman–Crippen LogP) is 0.393. The summed E-state index contributed by atoms with van der Waals surface area (Å²) in [5.41, 5.74) is 3.03. The Balaban J connectivity index is 0.00000225. The van der Waals surface area contributed by atoms with Gasteiger partial charge < -0.3 is 5.32 Å². The van der Waals surface area contributed by atoms with Crippen molar-refractivity contribution >= 4 is 32.3 Å². The van der Waals surface area contributed by atoms with Crippen LogP contribution in [0.4, 0.5) is 0 Å². The first-order valence-corrected chi connectivity index (χ1v) is 11.7. The van der Waals surface area contributed by atoms with Gasteiger partial charge in [0, 0.05) is 37.9 Å². The SMILES string of the molecule is Cl.O=S1(=O)CCC(CCS(=O)(=O)NCc2cnc3c(c2)CNCC3)C1. The molecule has 142 valence electrons. The number of fused-ring (bicyclic) bond motifs is 1. The molecule has 1 atom stereocenters. The van der Waals surface area contributed by atoms with E-state index < -0.39 is 19.9 Å². The molecule has 2 N–H and O–H groups in total. The number of pyridine rings is 1. The van der Waals surface area contributed by atoms with Crippen LogP contribution >= 0.6 is 12.4 Å². The first kappa shape index (κ1) is 20.6. The zero-order valence-electron chi connectivity index (χ0n) is 13.9. The van der Waals surface area contributed by atoms with Crippen molar-refractivity contribution in [3.05, 3.63) is 29.1 Å². The Morgan fingerprint density at radius 3 is 2.88 bits per heavy atom. The van der Waals surface area contributed by atoms with Gasteiger partial charge in [0.2, 0.25) is 10.0 Å². The van der Waals surface area contributed by atoms with Crippen molar-refractivity contribution < 1.29 is 16.8 Å². The summed E-state index contributed by atoms with van der Waals surface area (Å²) in [6.45, 7) is 1.90. The lowest BCUT2D eigenvalue weighted by molar-refractivity contribution is 0.544. The van der Waals surface area contributed by atoms with E-state index in [-0.39, 0.29) is 42.1 Å². The normalized spacial score (nSPS) is 22.2. The minimum absolute atomic E-state index is 0. The summed E-state index contributed by atoms with van der Waals surface area (Å²) in [5, 5.41) is 3.27. The lowest BCUT2D eigenvalue weighted by atomic mass is 10.1. The van der Waals surface area contributed by atoms with Crippen molar-refractivity contribution in [2.45, 2.75) is 32.4 Å². The molecule has 0 bridgehead atoms. The molecule has 3 heterocycles. The molecule has 2 aliphatic heterocycles. The summed E-state index contributed by atoms with van der Waals surface area (Å²) < 4.78 is 49.7. The fraction of sp³-hybridized carbons (Fsp3) is 0.667. The van der Waals surface area contributed by atoms with E-state index in [2.05, 4.69) is 15.0 Å². The second-order valence-electron chi connectivity index (χ2n) is 6.57. The van der Waals surface area contributed by atoms with Gasteiger partial charge >= 0.3 is 0 Å². The smallest absolute Gasteiger partial charge is 0.211 e. The molecule has 0 aliphatic carbocycles.